The zero-order valence-electron chi connectivity index (χ0n) is 12.1. The molecule has 21 heavy (non-hydrogen) atoms. The number of carbonyl (C=O) groups is 2. The van der Waals surface area contributed by atoms with Gasteiger partial charge < -0.3 is 20.1 Å². The summed E-state index contributed by atoms with van der Waals surface area (Å²) < 4.78 is 4.94. The van der Waals surface area contributed by atoms with E-state index in [4.69, 9.17) is 4.74 Å². The van der Waals surface area contributed by atoms with Gasteiger partial charge in [-0.05, 0) is 32.3 Å². The lowest BCUT2D eigenvalue weighted by Gasteiger charge is -2.41. The average molecular weight is 293 g/mol. The Morgan fingerprint density at radius 1 is 1.43 bits per heavy atom. The van der Waals surface area contributed by atoms with Gasteiger partial charge in [-0.15, -0.1) is 0 Å². The number of urea groups is 1. The summed E-state index contributed by atoms with van der Waals surface area (Å²) in [6, 6.07) is 2.86. The van der Waals surface area contributed by atoms with Crippen LogP contribution >= 0.6 is 0 Å². The molecule has 1 saturated heterocycles. The number of rotatable bonds is 3. The van der Waals surface area contributed by atoms with E-state index in [1.165, 1.54) is 18.2 Å². The van der Waals surface area contributed by atoms with Crippen molar-refractivity contribution in [3.8, 4) is 5.88 Å². The smallest absolute Gasteiger partial charge is 0.329 e. The minimum atomic E-state index is -1.16. The molecule has 2 rings (SSSR count). The number of carboxylic acids is 1. The SMILES string of the molecule is COc1ccc(NC(=O)N2CCCCC2(C)C(=O)O)cn1. The van der Waals surface area contributed by atoms with E-state index in [-0.39, 0.29) is 0 Å². The van der Waals surface area contributed by atoms with Gasteiger partial charge in [0.1, 0.15) is 5.54 Å². The number of likely N-dealkylation sites (tertiary alicyclic amines) is 1. The van der Waals surface area contributed by atoms with Crippen LogP contribution in [0.4, 0.5) is 10.5 Å². The van der Waals surface area contributed by atoms with Gasteiger partial charge in [0.15, 0.2) is 0 Å². The Labute approximate surface area is 122 Å². The minimum absolute atomic E-state index is 0.424. The third-order valence-electron chi connectivity index (χ3n) is 3.79. The number of amides is 2. The maximum atomic E-state index is 12.3. The van der Waals surface area contributed by atoms with Gasteiger partial charge in [-0.2, -0.15) is 0 Å². The van der Waals surface area contributed by atoms with Crippen LogP contribution in [-0.4, -0.2) is 46.2 Å². The Bertz CT molecular complexity index is 532. The van der Waals surface area contributed by atoms with Crippen LogP contribution in [0.2, 0.25) is 0 Å². The third kappa shape index (κ3) is 3.07. The van der Waals surface area contributed by atoms with Gasteiger partial charge in [-0.25, -0.2) is 14.6 Å². The van der Waals surface area contributed by atoms with Gasteiger partial charge >= 0.3 is 12.0 Å². The number of aliphatic carboxylic acids is 1. The highest BCUT2D eigenvalue weighted by Crippen LogP contribution is 2.29. The maximum absolute atomic E-state index is 12.3. The molecule has 1 fully saturated rings. The second kappa shape index (κ2) is 5.99. The molecule has 1 atom stereocenters. The number of hydrogen-bond donors (Lipinski definition) is 2. The molecule has 2 heterocycles. The molecule has 0 saturated carbocycles. The van der Waals surface area contributed by atoms with Crippen molar-refractivity contribution in [3.05, 3.63) is 18.3 Å². The second-order valence-corrected chi connectivity index (χ2v) is 5.21. The molecule has 1 aliphatic rings. The lowest BCUT2D eigenvalue weighted by Crippen LogP contribution is -2.58. The Kier molecular flexibility index (Phi) is 4.30. The number of nitrogens with one attached hydrogen (secondary N) is 1. The number of hydrogen-bond acceptors (Lipinski definition) is 4. The zero-order valence-corrected chi connectivity index (χ0v) is 12.1. The van der Waals surface area contributed by atoms with Gasteiger partial charge in [-0.3, -0.25) is 0 Å². The van der Waals surface area contributed by atoms with Crippen molar-refractivity contribution in [2.45, 2.75) is 31.7 Å². The number of pyridine rings is 1. The van der Waals surface area contributed by atoms with E-state index in [1.54, 1.807) is 19.1 Å². The third-order valence-corrected chi connectivity index (χ3v) is 3.79. The lowest BCUT2D eigenvalue weighted by atomic mass is 9.89. The van der Waals surface area contributed by atoms with Crippen molar-refractivity contribution in [3.63, 3.8) is 0 Å². The van der Waals surface area contributed by atoms with Gasteiger partial charge in [0.05, 0.1) is 19.0 Å². The zero-order chi connectivity index (χ0) is 15.5. The molecule has 2 N–H and O–H groups in total. The number of nitrogens with zero attached hydrogens (tertiary/aromatic N) is 2. The minimum Gasteiger partial charge on any atom is -0.481 e. The van der Waals surface area contributed by atoms with Crippen LogP contribution in [0.5, 0.6) is 5.88 Å². The van der Waals surface area contributed by atoms with Crippen molar-refractivity contribution < 1.29 is 19.4 Å². The molecule has 7 nitrogen and oxygen atoms in total. The molecule has 0 aliphatic carbocycles. The Morgan fingerprint density at radius 3 is 2.76 bits per heavy atom. The van der Waals surface area contributed by atoms with Gasteiger partial charge in [0.25, 0.3) is 0 Å². The number of carbonyl (C=O) groups excluding carboxylic acids is 1. The molecule has 114 valence electrons. The Balaban J connectivity index is 2.12. The summed E-state index contributed by atoms with van der Waals surface area (Å²) in [6.07, 6.45) is 3.53. The largest absolute Gasteiger partial charge is 0.481 e. The fourth-order valence-corrected chi connectivity index (χ4v) is 2.43. The monoisotopic (exact) mass is 293 g/mol. The number of ether oxygens (including phenoxy) is 1. The molecule has 1 aliphatic heterocycles. The number of methoxy groups -OCH3 is 1. The highest BCUT2D eigenvalue weighted by Gasteiger charge is 2.43. The summed E-state index contributed by atoms with van der Waals surface area (Å²) in [5.74, 6) is -0.536. The summed E-state index contributed by atoms with van der Waals surface area (Å²) in [5.41, 5.74) is -0.665. The Hall–Kier alpha value is -2.31. The number of anilines is 1. The summed E-state index contributed by atoms with van der Waals surface area (Å²) in [4.78, 5) is 29.2. The van der Waals surface area contributed by atoms with E-state index >= 15 is 0 Å². The predicted molar refractivity (Wildman–Crippen MR) is 76.4 cm³/mol. The fourth-order valence-electron chi connectivity index (χ4n) is 2.43. The molecule has 1 aromatic heterocycles. The van der Waals surface area contributed by atoms with Crippen LogP contribution in [0.15, 0.2) is 18.3 Å². The second-order valence-electron chi connectivity index (χ2n) is 5.21. The van der Waals surface area contributed by atoms with Crippen LogP contribution in [0.3, 0.4) is 0 Å². The standard InChI is InChI=1S/C14H19N3O4/c1-14(12(18)19)7-3-4-8-17(14)13(20)16-10-5-6-11(21-2)15-9-10/h5-6,9H,3-4,7-8H2,1-2H3,(H,16,20)(H,18,19). The van der Waals surface area contributed by atoms with Crippen LogP contribution < -0.4 is 10.1 Å². The van der Waals surface area contributed by atoms with Crippen molar-refractivity contribution in [1.82, 2.24) is 9.88 Å². The predicted octanol–water partition coefficient (Wildman–Crippen LogP) is 1.95. The quantitative estimate of drug-likeness (QED) is 0.888. The first-order valence-corrected chi connectivity index (χ1v) is 6.79. The molecule has 0 bridgehead atoms. The first-order chi connectivity index (χ1) is 9.97. The van der Waals surface area contributed by atoms with E-state index in [1.807, 2.05) is 0 Å². The van der Waals surface area contributed by atoms with Crippen LogP contribution in [-0.2, 0) is 4.79 Å². The van der Waals surface area contributed by atoms with Gasteiger partial charge in [0.2, 0.25) is 5.88 Å². The van der Waals surface area contributed by atoms with Crippen LogP contribution in [0.1, 0.15) is 26.2 Å². The van der Waals surface area contributed by atoms with Crippen molar-refractivity contribution in [2.75, 3.05) is 19.0 Å². The maximum Gasteiger partial charge on any atom is 0.329 e. The van der Waals surface area contributed by atoms with Crippen molar-refractivity contribution >= 4 is 17.7 Å². The van der Waals surface area contributed by atoms with E-state index < -0.39 is 17.5 Å². The molecule has 2 amide bonds. The molecule has 1 unspecified atom stereocenters. The molecular formula is C14H19N3O4. The summed E-state index contributed by atoms with van der Waals surface area (Å²) in [7, 11) is 1.51. The first-order valence-electron chi connectivity index (χ1n) is 6.79. The van der Waals surface area contributed by atoms with Gasteiger partial charge in [0, 0.05) is 12.6 Å². The highest BCUT2D eigenvalue weighted by molar-refractivity contribution is 5.93. The highest BCUT2D eigenvalue weighted by atomic mass is 16.5. The van der Waals surface area contributed by atoms with E-state index in [9.17, 15) is 14.7 Å². The number of piperidine rings is 1. The van der Waals surface area contributed by atoms with Crippen LogP contribution in [0, 0.1) is 0 Å². The number of carboxylic acid groups (broad SMARTS) is 1. The fraction of sp³-hybridized carbons (Fsp3) is 0.500. The first kappa shape index (κ1) is 15.1. The lowest BCUT2D eigenvalue weighted by molar-refractivity contribution is -0.150. The molecule has 7 heteroatoms. The Morgan fingerprint density at radius 2 is 2.19 bits per heavy atom. The van der Waals surface area contributed by atoms with E-state index in [2.05, 4.69) is 10.3 Å². The van der Waals surface area contributed by atoms with Crippen LogP contribution in [0.25, 0.3) is 0 Å². The van der Waals surface area contributed by atoms with Crippen molar-refractivity contribution in [2.24, 2.45) is 0 Å². The normalized spacial score (nSPS) is 21.7. The summed E-state index contributed by atoms with van der Waals surface area (Å²) in [5, 5.41) is 12.1. The molecule has 1 aromatic rings. The molecule has 0 spiro atoms. The van der Waals surface area contributed by atoms with E-state index in [0.29, 0.717) is 24.5 Å². The summed E-state index contributed by atoms with van der Waals surface area (Å²) in [6.45, 7) is 2.01. The van der Waals surface area contributed by atoms with Crippen molar-refractivity contribution in [1.29, 1.82) is 0 Å². The molecule has 0 radical (unpaired) electrons. The number of aromatic nitrogens is 1. The van der Waals surface area contributed by atoms with E-state index in [0.717, 1.165) is 12.8 Å². The average Bonchev–Trinajstić information content (AvgIpc) is 2.48. The summed E-state index contributed by atoms with van der Waals surface area (Å²) >= 11 is 0. The molecule has 0 aromatic carbocycles. The molecular weight excluding hydrogens is 274 g/mol. The van der Waals surface area contributed by atoms with Gasteiger partial charge in [-0.1, -0.05) is 0 Å². The topological polar surface area (TPSA) is 91.8 Å².